The zero-order valence-corrected chi connectivity index (χ0v) is 24.7. The van der Waals surface area contributed by atoms with E-state index in [1.165, 1.54) is 4.31 Å². The third-order valence-corrected chi connectivity index (χ3v) is 9.17. The van der Waals surface area contributed by atoms with Crippen LogP contribution in [-0.4, -0.2) is 43.4 Å². The lowest BCUT2D eigenvalue weighted by atomic mass is 9.96. The van der Waals surface area contributed by atoms with E-state index in [0.29, 0.717) is 23.6 Å². The Balaban J connectivity index is 1.59. The first-order valence-electron chi connectivity index (χ1n) is 12.8. The molecule has 37 heavy (non-hydrogen) atoms. The van der Waals surface area contributed by atoms with Crippen molar-refractivity contribution in [1.29, 1.82) is 0 Å². The molecule has 0 spiro atoms. The van der Waals surface area contributed by atoms with Gasteiger partial charge < -0.3 is 10.1 Å². The van der Waals surface area contributed by atoms with Gasteiger partial charge >= 0.3 is 0 Å². The van der Waals surface area contributed by atoms with Crippen LogP contribution >= 0.6 is 28.1 Å². The zero-order chi connectivity index (χ0) is 26.8. The third-order valence-electron chi connectivity index (χ3n) is 6.55. The monoisotopic (exact) mass is 609 g/mol. The number of sulfonamides is 1. The lowest BCUT2D eigenvalue weighted by Crippen LogP contribution is -2.38. The maximum Gasteiger partial charge on any atom is 0.261 e. The predicted octanol–water partition coefficient (Wildman–Crippen LogP) is 6.49. The van der Waals surface area contributed by atoms with Crippen LogP contribution in [0.1, 0.15) is 75.1 Å². The largest absolute Gasteiger partial charge is 0.493 e. The van der Waals surface area contributed by atoms with E-state index in [0.717, 1.165) is 62.3 Å². The molecule has 7 nitrogen and oxygen atoms in total. The number of anilines is 1. The van der Waals surface area contributed by atoms with E-state index >= 15 is 0 Å². The summed E-state index contributed by atoms with van der Waals surface area (Å²) in [6.45, 7) is 2.69. The first kappa shape index (κ1) is 29.5. The molecule has 10 heteroatoms. The highest BCUT2D eigenvalue weighted by Crippen LogP contribution is 2.27. The van der Waals surface area contributed by atoms with Gasteiger partial charge in [-0.3, -0.25) is 10.1 Å². The molecule has 1 fully saturated rings. The SMILES string of the molecule is CCCCCCOc1ccc(Br)cc1C(=O)NC(=S)Nc1ccc(S(=O)(=O)N(C)C2CCCCC2)cc1. The first-order chi connectivity index (χ1) is 17.7. The fraction of sp³-hybridized carbons (Fsp3) is 0.481. The fourth-order valence-corrected chi connectivity index (χ4v) is 6.35. The van der Waals surface area contributed by atoms with E-state index in [9.17, 15) is 13.2 Å². The van der Waals surface area contributed by atoms with Crippen LogP contribution in [0.5, 0.6) is 5.75 Å². The Morgan fingerprint density at radius 2 is 1.78 bits per heavy atom. The highest BCUT2D eigenvalue weighted by molar-refractivity contribution is 9.10. The van der Waals surface area contributed by atoms with E-state index in [1.807, 2.05) is 6.07 Å². The number of unbranched alkanes of at least 4 members (excludes halogenated alkanes) is 3. The number of hydrogen-bond donors (Lipinski definition) is 2. The van der Waals surface area contributed by atoms with Crippen molar-refractivity contribution in [3.05, 3.63) is 52.5 Å². The number of carbonyl (C=O) groups is 1. The molecule has 0 bridgehead atoms. The number of nitrogens with zero attached hydrogens (tertiary/aromatic N) is 1. The molecule has 0 heterocycles. The molecule has 2 aromatic carbocycles. The molecular weight excluding hydrogens is 574 g/mol. The van der Waals surface area contributed by atoms with Gasteiger partial charge in [0.25, 0.3) is 5.91 Å². The number of amides is 1. The van der Waals surface area contributed by atoms with Gasteiger partial charge in [0.15, 0.2) is 5.11 Å². The average Bonchev–Trinajstić information content (AvgIpc) is 2.89. The molecule has 2 N–H and O–H groups in total. The van der Waals surface area contributed by atoms with E-state index in [-0.39, 0.29) is 16.0 Å². The van der Waals surface area contributed by atoms with Crippen LogP contribution in [-0.2, 0) is 10.0 Å². The molecule has 0 radical (unpaired) electrons. The van der Waals surface area contributed by atoms with Gasteiger partial charge in [-0.15, -0.1) is 0 Å². The molecule has 0 aliphatic heterocycles. The number of halogens is 1. The first-order valence-corrected chi connectivity index (χ1v) is 15.5. The molecule has 2 aromatic rings. The Kier molecular flexibility index (Phi) is 11.4. The van der Waals surface area contributed by atoms with Crippen LogP contribution in [0.25, 0.3) is 0 Å². The van der Waals surface area contributed by atoms with Gasteiger partial charge in [0, 0.05) is 23.2 Å². The molecular formula is C27H36BrN3O4S2. The van der Waals surface area contributed by atoms with Gasteiger partial charge in [-0.2, -0.15) is 4.31 Å². The number of hydrogen-bond acceptors (Lipinski definition) is 5. The average molecular weight is 611 g/mol. The van der Waals surface area contributed by atoms with Gasteiger partial charge in [-0.25, -0.2) is 8.42 Å². The summed E-state index contributed by atoms with van der Waals surface area (Å²) in [7, 11) is -1.92. The maximum atomic E-state index is 13.1. The van der Waals surface area contributed by atoms with Gasteiger partial charge in [0.1, 0.15) is 5.75 Å². The predicted molar refractivity (Wildman–Crippen MR) is 156 cm³/mol. The van der Waals surface area contributed by atoms with Crippen LogP contribution in [0.3, 0.4) is 0 Å². The smallest absolute Gasteiger partial charge is 0.261 e. The Labute approximate surface area is 234 Å². The number of thiocarbonyl (C=S) groups is 1. The summed E-state index contributed by atoms with van der Waals surface area (Å²) >= 11 is 8.74. The van der Waals surface area contributed by atoms with E-state index in [4.69, 9.17) is 17.0 Å². The van der Waals surface area contributed by atoms with Crippen LogP contribution in [0, 0.1) is 0 Å². The molecule has 1 saturated carbocycles. The second kappa shape index (κ2) is 14.2. The van der Waals surface area contributed by atoms with Crippen LogP contribution in [0.2, 0.25) is 0 Å². The van der Waals surface area contributed by atoms with Crippen molar-refractivity contribution in [2.24, 2.45) is 0 Å². The summed E-state index contributed by atoms with van der Waals surface area (Å²) in [5.74, 6) is 0.104. The molecule has 0 aromatic heterocycles. The molecule has 1 amide bonds. The van der Waals surface area contributed by atoms with Crippen molar-refractivity contribution in [2.45, 2.75) is 75.6 Å². The molecule has 1 aliphatic carbocycles. The lowest BCUT2D eigenvalue weighted by Gasteiger charge is -2.30. The second-order valence-electron chi connectivity index (χ2n) is 9.30. The molecule has 3 rings (SSSR count). The quantitative estimate of drug-likeness (QED) is 0.224. The van der Waals surface area contributed by atoms with Crippen molar-refractivity contribution in [3.8, 4) is 5.75 Å². The normalized spacial score (nSPS) is 14.4. The Morgan fingerprint density at radius 3 is 2.46 bits per heavy atom. The highest BCUT2D eigenvalue weighted by atomic mass is 79.9. The molecule has 202 valence electrons. The second-order valence-corrected chi connectivity index (χ2v) is 12.6. The summed E-state index contributed by atoms with van der Waals surface area (Å²) in [4.78, 5) is 13.2. The summed E-state index contributed by atoms with van der Waals surface area (Å²) in [6, 6.07) is 11.7. The van der Waals surface area contributed by atoms with E-state index in [2.05, 4.69) is 33.5 Å². The number of benzene rings is 2. The molecule has 0 unspecified atom stereocenters. The van der Waals surface area contributed by atoms with Crippen molar-refractivity contribution < 1.29 is 17.9 Å². The fourth-order valence-electron chi connectivity index (χ4n) is 4.37. The van der Waals surface area contributed by atoms with Crippen molar-refractivity contribution >= 4 is 54.9 Å². The lowest BCUT2D eigenvalue weighted by molar-refractivity contribution is 0.0973. The zero-order valence-electron chi connectivity index (χ0n) is 21.5. The molecule has 1 aliphatic rings. The van der Waals surface area contributed by atoms with E-state index in [1.54, 1.807) is 43.4 Å². The summed E-state index contributed by atoms with van der Waals surface area (Å²) in [5.41, 5.74) is 0.951. The number of nitrogens with one attached hydrogen (secondary N) is 2. The standard InChI is InChI=1S/C27H36BrN3O4S2/c1-3-4-5-9-18-35-25-17-12-20(28)19-24(25)26(32)30-27(36)29-21-13-15-23(16-14-21)37(33,34)31(2)22-10-7-6-8-11-22/h12-17,19,22H,3-11,18H2,1-2H3,(H2,29,30,32,36). The summed E-state index contributed by atoms with van der Waals surface area (Å²) in [6.07, 6.45) is 9.38. The molecule has 0 atom stereocenters. The Morgan fingerprint density at radius 1 is 1.08 bits per heavy atom. The minimum Gasteiger partial charge on any atom is -0.493 e. The van der Waals surface area contributed by atoms with Gasteiger partial charge in [0.2, 0.25) is 10.0 Å². The van der Waals surface area contributed by atoms with Gasteiger partial charge in [-0.1, -0.05) is 61.4 Å². The van der Waals surface area contributed by atoms with Crippen LogP contribution in [0.15, 0.2) is 51.8 Å². The van der Waals surface area contributed by atoms with Gasteiger partial charge in [-0.05, 0) is 73.9 Å². The number of carbonyl (C=O) groups excluding carboxylic acids is 1. The summed E-state index contributed by atoms with van der Waals surface area (Å²) < 4.78 is 34.2. The van der Waals surface area contributed by atoms with Crippen molar-refractivity contribution in [3.63, 3.8) is 0 Å². The molecule has 0 saturated heterocycles. The Hall–Kier alpha value is -2.01. The minimum atomic E-state index is -3.58. The number of rotatable bonds is 11. The highest BCUT2D eigenvalue weighted by Gasteiger charge is 2.29. The van der Waals surface area contributed by atoms with Crippen LogP contribution < -0.4 is 15.4 Å². The topological polar surface area (TPSA) is 87.7 Å². The summed E-state index contributed by atoms with van der Waals surface area (Å²) in [5, 5.41) is 5.74. The maximum absolute atomic E-state index is 13.1. The van der Waals surface area contributed by atoms with E-state index < -0.39 is 15.9 Å². The third kappa shape index (κ3) is 8.49. The van der Waals surface area contributed by atoms with Crippen molar-refractivity contribution in [1.82, 2.24) is 9.62 Å². The minimum absolute atomic E-state index is 0.0441. The van der Waals surface area contributed by atoms with Crippen LogP contribution in [0.4, 0.5) is 5.69 Å². The Bertz CT molecular complexity index is 1170. The number of ether oxygens (including phenoxy) is 1. The van der Waals surface area contributed by atoms with Gasteiger partial charge in [0.05, 0.1) is 17.1 Å². The van der Waals surface area contributed by atoms with Crippen molar-refractivity contribution in [2.75, 3.05) is 19.0 Å².